The van der Waals surface area contributed by atoms with E-state index in [1.165, 1.54) is 0 Å². The number of aryl methyl sites for hydroxylation is 2. The van der Waals surface area contributed by atoms with E-state index in [4.69, 9.17) is 11.6 Å². The van der Waals surface area contributed by atoms with Crippen molar-refractivity contribution >= 4 is 39.3 Å². The number of carbonyl (C=O) groups excluding carboxylic acids is 1. The van der Waals surface area contributed by atoms with Gasteiger partial charge in [-0.1, -0.05) is 11.6 Å². The molecule has 0 fully saturated rings. The van der Waals surface area contributed by atoms with Crippen molar-refractivity contribution in [3.63, 3.8) is 0 Å². The van der Waals surface area contributed by atoms with E-state index >= 15 is 0 Å². The van der Waals surface area contributed by atoms with Crippen LogP contribution in [0, 0.1) is 6.92 Å². The molecule has 0 atom stereocenters. The van der Waals surface area contributed by atoms with Crippen molar-refractivity contribution in [2.75, 3.05) is 4.90 Å². The highest BCUT2D eigenvalue weighted by Gasteiger charge is 2.33. The Morgan fingerprint density at radius 3 is 2.79 bits per heavy atom. The monoisotopic (exact) mass is 339 g/mol. The largest absolute Gasteiger partial charge is 0.287 e. The lowest BCUT2D eigenvalue weighted by Crippen LogP contribution is -2.25. The summed E-state index contributed by atoms with van der Waals surface area (Å²) in [5.41, 5.74) is 2.55. The summed E-state index contributed by atoms with van der Waals surface area (Å²) in [5.74, 6) is 0.708. The van der Waals surface area contributed by atoms with Crippen LogP contribution in [-0.4, -0.2) is 15.7 Å². The number of nitrogens with zero attached hydrogens (tertiary/aromatic N) is 3. The third kappa shape index (κ3) is 1.88. The summed E-state index contributed by atoms with van der Waals surface area (Å²) in [6.45, 7) is 2.41. The van der Waals surface area contributed by atoms with Crippen LogP contribution in [0.2, 0.25) is 5.02 Å². The molecule has 3 rings (SSSR count). The van der Waals surface area contributed by atoms with E-state index in [1.807, 2.05) is 26.1 Å². The lowest BCUT2D eigenvalue weighted by molar-refractivity contribution is 0.0995. The van der Waals surface area contributed by atoms with Gasteiger partial charge >= 0.3 is 0 Å². The second-order valence-corrected chi connectivity index (χ2v) is 5.87. The average molecular weight is 341 g/mol. The molecule has 98 valence electrons. The van der Waals surface area contributed by atoms with Gasteiger partial charge < -0.3 is 0 Å². The van der Waals surface area contributed by atoms with E-state index in [2.05, 4.69) is 21.0 Å². The fraction of sp³-hybridized carbons (Fsp3) is 0.231. The topological polar surface area (TPSA) is 38.1 Å². The van der Waals surface area contributed by atoms with Crippen molar-refractivity contribution in [2.24, 2.45) is 7.05 Å². The molecule has 1 aliphatic heterocycles. The van der Waals surface area contributed by atoms with Crippen LogP contribution in [-0.2, 0) is 13.6 Å². The van der Waals surface area contributed by atoms with Crippen LogP contribution in [0.15, 0.2) is 22.8 Å². The van der Waals surface area contributed by atoms with Gasteiger partial charge in [-0.15, -0.1) is 0 Å². The molecule has 0 aliphatic carbocycles. The minimum Gasteiger partial charge on any atom is -0.287 e. The fourth-order valence-corrected chi connectivity index (χ4v) is 3.27. The second kappa shape index (κ2) is 4.35. The maximum absolute atomic E-state index is 12.5. The molecule has 1 aromatic heterocycles. The summed E-state index contributed by atoms with van der Waals surface area (Å²) in [5, 5.41) is 4.78. The number of carbonyl (C=O) groups is 1. The number of anilines is 1. The van der Waals surface area contributed by atoms with Gasteiger partial charge in [0, 0.05) is 23.2 Å². The Kier molecular flexibility index (Phi) is 2.91. The molecule has 4 nitrogen and oxygen atoms in total. The summed E-state index contributed by atoms with van der Waals surface area (Å²) in [4.78, 5) is 14.2. The average Bonchev–Trinajstić information content (AvgIpc) is 2.82. The number of halogens is 2. The summed E-state index contributed by atoms with van der Waals surface area (Å²) in [6.07, 6.45) is 1.68. The van der Waals surface area contributed by atoms with Crippen molar-refractivity contribution in [1.29, 1.82) is 0 Å². The number of hydrogen-bond acceptors (Lipinski definition) is 2. The molecule has 0 radical (unpaired) electrons. The molecule has 0 N–H and O–H groups in total. The lowest BCUT2D eigenvalue weighted by atomic mass is 10.1. The highest BCUT2D eigenvalue weighted by molar-refractivity contribution is 9.10. The third-order valence-electron chi connectivity index (χ3n) is 3.25. The highest BCUT2D eigenvalue weighted by atomic mass is 79.9. The Balaban J connectivity index is 2.12. The standard InChI is InChI=1S/C13H11BrClN3O/c1-7-3-8-9(11(15)4-7)6-18(13(8)19)12-10(14)5-16-17(12)2/h3-5H,6H2,1-2H3. The molecule has 0 saturated heterocycles. The third-order valence-corrected chi connectivity index (χ3v) is 4.15. The molecule has 2 aromatic rings. The van der Waals surface area contributed by atoms with Gasteiger partial charge in [-0.25, -0.2) is 0 Å². The number of benzene rings is 1. The van der Waals surface area contributed by atoms with Crippen LogP contribution in [0.1, 0.15) is 21.5 Å². The molecular formula is C13H11BrClN3O. The number of fused-ring (bicyclic) bond motifs is 1. The summed E-state index contributed by atoms with van der Waals surface area (Å²) >= 11 is 9.66. The van der Waals surface area contributed by atoms with Crippen molar-refractivity contribution in [1.82, 2.24) is 9.78 Å². The minimum atomic E-state index is -0.0371. The zero-order chi connectivity index (χ0) is 13.7. The van der Waals surface area contributed by atoms with E-state index in [-0.39, 0.29) is 5.91 Å². The van der Waals surface area contributed by atoms with Crippen molar-refractivity contribution in [2.45, 2.75) is 13.5 Å². The molecule has 19 heavy (non-hydrogen) atoms. The van der Waals surface area contributed by atoms with Crippen LogP contribution in [0.3, 0.4) is 0 Å². The molecule has 1 amide bonds. The van der Waals surface area contributed by atoms with Gasteiger partial charge in [-0.3, -0.25) is 14.4 Å². The number of amides is 1. The minimum absolute atomic E-state index is 0.0371. The molecule has 0 saturated carbocycles. The number of aromatic nitrogens is 2. The first-order chi connectivity index (χ1) is 8.99. The molecule has 1 aromatic carbocycles. The van der Waals surface area contributed by atoms with Crippen LogP contribution in [0.5, 0.6) is 0 Å². The Labute approximate surface area is 124 Å². The Bertz CT molecular complexity index is 676. The summed E-state index contributed by atoms with van der Waals surface area (Å²) < 4.78 is 2.47. The maximum Gasteiger partial charge on any atom is 0.260 e. The van der Waals surface area contributed by atoms with Crippen LogP contribution in [0.25, 0.3) is 0 Å². The number of hydrogen-bond donors (Lipinski definition) is 0. The predicted molar refractivity (Wildman–Crippen MR) is 77.6 cm³/mol. The summed E-state index contributed by atoms with van der Waals surface area (Å²) in [7, 11) is 1.81. The first-order valence-corrected chi connectivity index (χ1v) is 6.94. The fourth-order valence-electron chi connectivity index (χ4n) is 2.38. The van der Waals surface area contributed by atoms with Crippen molar-refractivity contribution in [3.05, 3.63) is 44.5 Å². The van der Waals surface area contributed by atoms with Gasteiger partial charge in [-0.2, -0.15) is 5.10 Å². The molecule has 6 heteroatoms. The molecular weight excluding hydrogens is 330 g/mol. The molecule has 1 aliphatic rings. The molecule has 0 unspecified atom stereocenters. The van der Waals surface area contributed by atoms with Gasteiger partial charge in [0.05, 0.1) is 17.2 Å². The van der Waals surface area contributed by atoms with E-state index in [1.54, 1.807) is 15.8 Å². The smallest absolute Gasteiger partial charge is 0.260 e. The highest BCUT2D eigenvalue weighted by Crippen LogP contribution is 2.36. The zero-order valence-electron chi connectivity index (χ0n) is 10.4. The van der Waals surface area contributed by atoms with Gasteiger partial charge in [0.25, 0.3) is 5.91 Å². The lowest BCUT2D eigenvalue weighted by Gasteiger charge is -2.16. The van der Waals surface area contributed by atoms with Gasteiger partial charge in [-0.05, 0) is 40.5 Å². The van der Waals surface area contributed by atoms with Crippen LogP contribution >= 0.6 is 27.5 Å². The molecule has 0 spiro atoms. The molecule has 0 bridgehead atoms. The Morgan fingerprint density at radius 2 is 2.16 bits per heavy atom. The van der Waals surface area contributed by atoms with Gasteiger partial charge in [0.1, 0.15) is 5.82 Å². The first-order valence-electron chi connectivity index (χ1n) is 5.77. The van der Waals surface area contributed by atoms with E-state index in [9.17, 15) is 4.79 Å². The van der Waals surface area contributed by atoms with Crippen molar-refractivity contribution in [3.8, 4) is 0 Å². The first kappa shape index (κ1) is 12.7. The van der Waals surface area contributed by atoms with Crippen LogP contribution in [0.4, 0.5) is 5.82 Å². The van der Waals surface area contributed by atoms with E-state index < -0.39 is 0 Å². The van der Waals surface area contributed by atoms with Crippen LogP contribution < -0.4 is 4.90 Å². The maximum atomic E-state index is 12.5. The van der Waals surface area contributed by atoms with Gasteiger partial charge in [0.2, 0.25) is 0 Å². The number of rotatable bonds is 1. The Morgan fingerprint density at radius 1 is 1.42 bits per heavy atom. The molecule has 2 heterocycles. The quantitative estimate of drug-likeness (QED) is 0.799. The zero-order valence-corrected chi connectivity index (χ0v) is 12.8. The Hall–Kier alpha value is -1.33. The van der Waals surface area contributed by atoms with Crippen molar-refractivity contribution < 1.29 is 4.79 Å². The van der Waals surface area contributed by atoms with E-state index in [0.717, 1.165) is 21.4 Å². The normalized spacial score (nSPS) is 14.1. The second-order valence-electron chi connectivity index (χ2n) is 4.60. The SMILES string of the molecule is Cc1cc(Cl)c2c(c1)C(=O)N(c1c(Br)cnn1C)C2. The van der Waals surface area contributed by atoms with Gasteiger partial charge in [0.15, 0.2) is 0 Å². The summed E-state index contributed by atoms with van der Waals surface area (Å²) in [6, 6.07) is 3.77. The predicted octanol–water partition coefficient (Wildman–Crippen LogP) is 3.30. The van der Waals surface area contributed by atoms with E-state index in [0.29, 0.717) is 17.1 Å².